The van der Waals surface area contributed by atoms with Gasteiger partial charge in [0.05, 0.1) is 24.7 Å². The molecule has 1 atom stereocenters. The fraction of sp³-hybridized carbons (Fsp3) is 0.440. The predicted octanol–water partition coefficient (Wildman–Crippen LogP) is 5.45. The van der Waals surface area contributed by atoms with Crippen LogP contribution >= 0.6 is 11.3 Å². The van der Waals surface area contributed by atoms with E-state index in [-0.39, 0.29) is 6.10 Å². The minimum atomic E-state index is -0.596. The lowest BCUT2D eigenvalue weighted by atomic mass is 10.1. The Hall–Kier alpha value is -3.47. The second-order valence-corrected chi connectivity index (χ2v) is 10.5. The van der Waals surface area contributed by atoms with Gasteiger partial charge in [0.25, 0.3) is 0 Å². The molecule has 1 aliphatic rings. The molecule has 1 aromatic carbocycles. The number of fused-ring (bicyclic) bond motifs is 1. The molecule has 1 unspecified atom stereocenters. The minimum Gasteiger partial charge on any atom is -0.486 e. The lowest BCUT2D eigenvalue weighted by Gasteiger charge is -2.34. The maximum atomic E-state index is 14.2. The Balaban J connectivity index is 1.58. The van der Waals surface area contributed by atoms with Crippen LogP contribution in [0.3, 0.4) is 0 Å². The number of nitrogens with zero attached hydrogens (tertiary/aromatic N) is 3. The number of anilines is 2. The minimum absolute atomic E-state index is 0.291. The quantitative estimate of drug-likeness (QED) is 0.447. The Labute approximate surface area is 212 Å². The highest BCUT2D eigenvalue weighted by Crippen LogP contribution is 2.37. The van der Waals surface area contributed by atoms with Crippen molar-refractivity contribution >= 4 is 45.1 Å². The topological polar surface area (TPSA) is 103 Å². The third kappa shape index (κ3) is 5.67. The number of thiophene rings is 1. The number of aryl methyl sites for hydroxylation is 1. The number of likely N-dealkylation sites (tertiary alicyclic amines) is 1. The normalized spacial score (nSPS) is 16.1. The van der Waals surface area contributed by atoms with E-state index < -0.39 is 23.5 Å². The van der Waals surface area contributed by atoms with Crippen molar-refractivity contribution in [3.63, 3.8) is 0 Å². The predicted molar refractivity (Wildman–Crippen MR) is 135 cm³/mol. The molecule has 1 saturated heterocycles. The van der Waals surface area contributed by atoms with Crippen LogP contribution in [0.15, 0.2) is 24.5 Å². The monoisotopic (exact) mass is 516 g/mol. The number of esters is 1. The van der Waals surface area contributed by atoms with Crippen LogP contribution in [0.4, 0.5) is 20.7 Å². The van der Waals surface area contributed by atoms with E-state index in [0.717, 1.165) is 6.42 Å². The van der Waals surface area contributed by atoms with Crippen molar-refractivity contribution in [2.75, 3.05) is 25.5 Å². The van der Waals surface area contributed by atoms with Gasteiger partial charge in [0.1, 0.15) is 45.1 Å². The van der Waals surface area contributed by atoms with Gasteiger partial charge in [-0.05, 0) is 58.2 Å². The number of amides is 1. The average molecular weight is 517 g/mol. The number of methoxy groups -OCH3 is 1. The van der Waals surface area contributed by atoms with Crippen molar-refractivity contribution < 1.29 is 28.2 Å². The molecule has 1 N–H and O–H groups in total. The van der Waals surface area contributed by atoms with Gasteiger partial charge < -0.3 is 24.4 Å². The Morgan fingerprint density at radius 1 is 1.25 bits per heavy atom. The molecular weight excluding hydrogens is 487 g/mol. The molecule has 3 aromatic rings. The number of halogens is 1. The second kappa shape index (κ2) is 10.3. The SMILES string of the molecule is COC(=O)c1sc2ncnc(Nc3ccc(F)cc3OC3CCCN(C(=O)OC(C)(C)C)C3)c2c1C. The zero-order valence-corrected chi connectivity index (χ0v) is 21.7. The summed E-state index contributed by atoms with van der Waals surface area (Å²) in [6.07, 6.45) is 2.10. The second-order valence-electron chi connectivity index (χ2n) is 9.52. The first-order valence-corrected chi connectivity index (χ1v) is 12.4. The summed E-state index contributed by atoms with van der Waals surface area (Å²) >= 11 is 1.22. The Kier molecular flexibility index (Phi) is 7.30. The molecule has 36 heavy (non-hydrogen) atoms. The highest BCUT2D eigenvalue weighted by molar-refractivity contribution is 7.20. The van der Waals surface area contributed by atoms with Gasteiger partial charge in [0.15, 0.2) is 0 Å². The maximum Gasteiger partial charge on any atom is 0.410 e. The van der Waals surface area contributed by atoms with E-state index in [4.69, 9.17) is 14.2 Å². The molecule has 1 amide bonds. The van der Waals surface area contributed by atoms with Gasteiger partial charge in [-0.25, -0.2) is 23.9 Å². The summed E-state index contributed by atoms with van der Waals surface area (Å²) in [4.78, 5) is 36.0. The Morgan fingerprint density at radius 2 is 2.03 bits per heavy atom. The molecule has 9 nitrogen and oxygen atoms in total. The first-order chi connectivity index (χ1) is 17.1. The number of ether oxygens (including phenoxy) is 3. The third-order valence-electron chi connectivity index (χ3n) is 5.62. The van der Waals surface area contributed by atoms with Gasteiger partial charge in [-0.2, -0.15) is 0 Å². The number of hydrogen-bond donors (Lipinski definition) is 1. The molecule has 11 heteroatoms. The zero-order chi connectivity index (χ0) is 26.0. The smallest absolute Gasteiger partial charge is 0.410 e. The summed E-state index contributed by atoms with van der Waals surface area (Å²) in [5.41, 5.74) is 0.590. The van der Waals surface area contributed by atoms with Crippen LogP contribution in [0.25, 0.3) is 10.2 Å². The van der Waals surface area contributed by atoms with Gasteiger partial charge in [-0.3, -0.25) is 0 Å². The van der Waals surface area contributed by atoms with Crippen LogP contribution in [0, 0.1) is 12.7 Å². The fourth-order valence-corrected chi connectivity index (χ4v) is 5.05. The molecule has 3 heterocycles. The van der Waals surface area contributed by atoms with Crippen LogP contribution in [0.2, 0.25) is 0 Å². The van der Waals surface area contributed by atoms with Crippen LogP contribution in [0.1, 0.15) is 48.8 Å². The number of carbonyl (C=O) groups excluding carboxylic acids is 2. The van der Waals surface area contributed by atoms with E-state index in [9.17, 15) is 14.0 Å². The van der Waals surface area contributed by atoms with Crippen molar-refractivity contribution in [2.45, 2.75) is 52.2 Å². The number of carbonyl (C=O) groups is 2. The molecule has 1 fully saturated rings. The Morgan fingerprint density at radius 3 is 2.75 bits per heavy atom. The molecule has 0 bridgehead atoms. The number of nitrogens with one attached hydrogen (secondary N) is 1. The van der Waals surface area contributed by atoms with E-state index in [1.807, 2.05) is 20.8 Å². The van der Waals surface area contributed by atoms with E-state index in [1.165, 1.54) is 36.9 Å². The molecule has 0 saturated carbocycles. The Bertz CT molecular complexity index is 1290. The molecule has 0 aliphatic carbocycles. The standard InChI is InChI=1S/C25H29FN4O5S/c1-14-19-21(27-13-28-22(19)36-20(14)23(31)33-5)29-17-9-8-15(26)11-18(17)34-16-7-6-10-30(12-16)24(32)35-25(2,3)4/h8-9,11,13,16H,6-7,10,12H2,1-5H3,(H,27,28,29). The molecule has 1 aliphatic heterocycles. The molecule has 192 valence electrons. The van der Waals surface area contributed by atoms with Crippen LogP contribution in [0.5, 0.6) is 5.75 Å². The number of aromatic nitrogens is 2. The van der Waals surface area contributed by atoms with Gasteiger partial charge in [-0.15, -0.1) is 11.3 Å². The van der Waals surface area contributed by atoms with E-state index in [1.54, 1.807) is 17.9 Å². The lowest BCUT2D eigenvalue weighted by Crippen LogP contribution is -2.46. The largest absolute Gasteiger partial charge is 0.486 e. The number of hydrogen-bond acceptors (Lipinski definition) is 9. The van der Waals surface area contributed by atoms with Gasteiger partial charge in [0, 0.05) is 12.6 Å². The van der Waals surface area contributed by atoms with Crippen LogP contribution in [-0.2, 0) is 9.47 Å². The van der Waals surface area contributed by atoms with Crippen LogP contribution in [-0.4, -0.2) is 58.8 Å². The molecule has 0 radical (unpaired) electrons. The van der Waals surface area contributed by atoms with Crippen molar-refractivity contribution in [2.24, 2.45) is 0 Å². The summed E-state index contributed by atoms with van der Waals surface area (Å²) in [7, 11) is 1.33. The zero-order valence-electron chi connectivity index (χ0n) is 20.9. The summed E-state index contributed by atoms with van der Waals surface area (Å²) in [6.45, 7) is 8.16. The molecule has 4 rings (SSSR count). The van der Waals surface area contributed by atoms with Gasteiger partial charge in [0.2, 0.25) is 0 Å². The first-order valence-electron chi connectivity index (χ1n) is 11.6. The maximum absolute atomic E-state index is 14.2. The summed E-state index contributed by atoms with van der Waals surface area (Å²) in [5, 5.41) is 3.89. The highest BCUT2D eigenvalue weighted by Gasteiger charge is 2.29. The summed E-state index contributed by atoms with van der Waals surface area (Å²) in [5.74, 6) is -0.153. The van der Waals surface area contributed by atoms with Crippen molar-refractivity contribution in [3.05, 3.63) is 40.8 Å². The van der Waals surface area contributed by atoms with E-state index in [2.05, 4.69) is 15.3 Å². The van der Waals surface area contributed by atoms with Gasteiger partial charge >= 0.3 is 12.1 Å². The number of rotatable bonds is 5. The van der Waals surface area contributed by atoms with E-state index in [0.29, 0.717) is 57.4 Å². The number of benzene rings is 1. The molecular formula is C25H29FN4O5S. The lowest BCUT2D eigenvalue weighted by molar-refractivity contribution is 0.00780. The van der Waals surface area contributed by atoms with Crippen molar-refractivity contribution in [3.8, 4) is 5.75 Å². The summed E-state index contributed by atoms with van der Waals surface area (Å²) < 4.78 is 30.8. The average Bonchev–Trinajstić information content (AvgIpc) is 3.17. The number of piperidine rings is 1. The van der Waals surface area contributed by atoms with Crippen molar-refractivity contribution in [1.29, 1.82) is 0 Å². The fourth-order valence-electron chi connectivity index (χ4n) is 3.98. The molecule has 0 spiro atoms. The summed E-state index contributed by atoms with van der Waals surface area (Å²) in [6, 6.07) is 4.19. The first kappa shape index (κ1) is 25.6. The van der Waals surface area contributed by atoms with Crippen molar-refractivity contribution in [1.82, 2.24) is 14.9 Å². The third-order valence-corrected chi connectivity index (χ3v) is 6.80. The van der Waals surface area contributed by atoms with E-state index >= 15 is 0 Å². The molecule has 2 aromatic heterocycles. The van der Waals surface area contributed by atoms with Crippen LogP contribution < -0.4 is 10.1 Å². The highest BCUT2D eigenvalue weighted by atomic mass is 32.1. The van der Waals surface area contributed by atoms with Gasteiger partial charge in [-0.1, -0.05) is 0 Å².